The van der Waals surface area contributed by atoms with Crippen molar-refractivity contribution in [3.8, 4) is 11.3 Å². The van der Waals surface area contributed by atoms with Gasteiger partial charge in [-0.05, 0) is 87.8 Å². The monoisotopic (exact) mass is 663 g/mol. The van der Waals surface area contributed by atoms with Crippen LogP contribution < -0.4 is 9.62 Å². The van der Waals surface area contributed by atoms with Crippen molar-refractivity contribution in [2.24, 2.45) is 0 Å². The number of carbonyl (C=O) groups is 1. The number of hydrogen-bond donors (Lipinski definition) is 1. The van der Waals surface area contributed by atoms with Gasteiger partial charge in [0, 0.05) is 46.9 Å². The van der Waals surface area contributed by atoms with Gasteiger partial charge in [0.25, 0.3) is 5.91 Å². The minimum atomic E-state index is -2.66. The van der Waals surface area contributed by atoms with Crippen LogP contribution in [0.1, 0.15) is 45.8 Å². The molecule has 1 N–H and O–H groups in total. The average molecular weight is 665 g/mol. The Bertz CT molecular complexity index is 1630. The smallest absolute Gasteiger partial charge is 0.255 e. The number of rotatable bonds is 11. The van der Waals surface area contributed by atoms with Gasteiger partial charge in [0.15, 0.2) is 0 Å². The average Bonchev–Trinajstić information content (AvgIpc) is 3.73. The second-order valence-corrected chi connectivity index (χ2v) is 11.7. The standard InChI is InChI=1S/C29H27BrClFN2O6S/c1-33-29(35)26-22-11-21(17-3-4-17)24(12-25(22)40-28(26)18-5-7-20(32)8-6-18)34(41(36)37)13-16-9-19(14-39-15-38-2)27(30)23(31)10-16/h5-12,17H,3-4,13-15H2,1-2H3,(H,33,35)(H,36,37)/p-1. The first-order valence-corrected chi connectivity index (χ1v) is 14.9. The third-order valence-corrected chi connectivity index (χ3v) is 8.96. The van der Waals surface area contributed by atoms with Crippen LogP contribution in [0.15, 0.2) is 57.4 Å². The van der Waals surface area contributed by atoms with Crippen LogP contribution in [0.25, 0.3) is 22.3 Å². The number of nitrogens with zero attached hydrogens (tertiary/aromatic N) is 1. The van der Waals surface area contributed by atoms with Crippen molar-refractivity contribution in [2.45, 2.75) is 31.9 Å². The molecule has 1 amide bonds. The molecule has 3 aromatic carbocycles. The normalized spacial score (nSPS) is 13.9. The van der Waals surface area contributed by atoms with Crippen LogP contribution in [0, 0.1) is 5.82 Å². The molecular formula is C29H26BrClFN2O6S-. The zero-order valence-corrected chi connectivity index (χ0v) is 25.3. The molecular weight excluding hydrogens is 639 g/mol. The molecule has 1 heterocycles. The molecule has 1 saturated carbocycles. The van der Waals surface area contributed by atoms with Gasteiger partial charge in [0.05, 0.1) is 29.4 Å². The molecule has 1 aliphatic carbocycles. The van der Waals surface area contributed by atoms with E-state index in [1.165, 1.54) is 42.7 Å². The predicted molar refractivity (Wildman–Crippen MR) is 158 cm³/mol. The molecule has 0 bridgehead atoms. The molecule has 1 aromatic heterocycles. The fourth-order valence-electron chi connectivity index (χ4n) is 4.76. The maximum Gasteiger partial charge on any atom is 0.255 e. The van der Waals surface area contributed by atoms with Gasteiger partial charge < -0.3 is 23.8 Å². The van der Waals surface area contributed by atoms with Gasteiger partial charge in [-0.15, -0.1) is 0 Å². The lowest BCUT2D eigenvalue weighted by Crippen LogP contribution is -2.26. The number of hydrogen-bond acceptors (Lipinski definition) is 6. The highest BCUT2D eigenvalue weighted by Crippen LogP contribution is 2.48. The summed E-state index contributed by atoms with van der Waals surface area (Å²) in [7, 11) is 3.04. The van der Waals surface area contributed by atoms with Gasteiger partial charge in [0.1, 0.15) is 24.0 Å². The van der Waals surface area contributed by atoms with E-state index in [9.17, 15) is 17.9 Å². The minimum absolute atomic E-state index is 0.000549. The number of anilines is 1. The summed E-state index contributed by atoms with van der Waals surface area (Å²) in [6, 6.07) is 12.7. The summed E-state index contributed by atoms with van der Waals surface area (Å²) in [6.07, 6.45) is 1.78. The molecule has 4 aromatic rings. The van der Waals surface area contributed by atoms with Crippen LogP contribution in [0.3, 0.4) is 0 Å². The lowest BCUT2D eigenvalue weighted by molar-refractivity contribution is -0.0392. The number of nitrogens with one attached hydrogen (secondary N) is 1. The summed E-state index contributed by atoms with van der Waals surface area (Å²) >= 11 is 7.27. The van der Waals surface area contributed by atoms with E-state index in [4.69, 9.17) is 25.5 Å². The Hall–Kier alpha value is -2.80. The molecule has 0 aliphatic heterocycles. The molecule has 0 radical (unpaired) electrons. The summed E-state index contributed by atoms with van der Waals surface area (Å²) in [5.41, 5.74) is 3.80. The Kier molecular flexibility index (Phi) is 9.12. The fourth-order valence-corrected chi connectivity index (χ4v) is 5.94. The van der Waals surface area contributed by atoms with Gasteiger partial charge in [-0.2, -0.15) is 0 Å². The SMILES string of the molecule is CNC(=O)c1c(-c2ccc(F)cc2)oc2cc(N(Cc3cc(Cl)c(Br)c(COCOC)c3)S(=O)[O-])c(C3CC3)cc12. The van der Waals surface area contributed by atoms with Crippen molar-refractivity contribution < 1.29 is 31.8 Å². The molecule has 12 heteroatoms. The molecule has 216 valence electrons. The Morgan fingerprint density at radius 2 is 1.98 bits per heavy atom. The van der Waals surface area contributed by atoms with Crippen LogP contribution in [-0.4, -0.2) is 35.6 Å². The first kappa shape index (κ1) is 29.7. The third-order valence-electron chi connectivity index (χ3n) is 6.81. The molecule has 0 saturated heterocycles. The molecule has 5 rings (SSSR count). The highest BCUT2D eigenvalue weighted by molar-refractivity contribution is 9.10. The van der Waals surface area contributed by atoms with Gasteiger partial charge >= 0.3 is 0 Å². The lowest BCUT2D eigenvalue weighted by Gasteiger charge is -2.29. The summed E-state index contributed by atoms with van der Waals surface area (Å²) in [6.45, 7) is 0.304. The third kappa shape index (κ3) is 6.35. The number of furan rings is 1. The quantitative estimate of drug-likeness (QED) is 0.107. The lowest BCUT2D eigenvalue weighted by atomic mass is 10.00. The minimum Gasteiger partial charge on any atom is -0.755 e. The van der Waals surface area contributed by atoms with Crippen molar-refractivity contribution in [1.82, 2.24) is 5.32 Å². The maximum absolute atomic E-state index is 13.6. The van der Waals surface area contributed by atoms with Crippen molar-refractivity contribution in [2.75, 3.05) is 25.3 Å². The Morgan fingerprint density at radius 1 is 1.24 bits per heavy atom. The zero-order chi connectivity index (χ0) is 29.3. The summed E-state index contributed by atoms with van der Waals surface area (Å²) in [4.78, 5) is 13.0. The van der Waals surface area contributed by atoms with Crippen molar-refractivity contribution in [3.63, 3.8) is 0 Å². The number of benzene rings is 3. The van der Waals surface area contributed by atoms with Gasteiger partial charge in [-0.1, -0.05) is 17.7 Å². The number of ether oxygens (including phenoxy) is 2. The van der Waals surface area contributed by atoms with E-state index in [-0.39, 0.29) is 37.5 Å². The van der Waals surface area contributed by atoms with Gasteiger partial charge in [0.2, 0.25) is 0 Å². The van der Waals surface area contributed by atoms with E-state index in [1.807, 2.05) is 12.1 Å². The first-order valence-electron chi connectivity index (χ1n) is 12.7. The van der Waals surface area contributed by atoms with E-state index < -0.39 is 17.1 Å². The predicted octanol–water partition coefficient (Wildman–Crippen LogP) is 6.81. The number of fused-ring (bicyclic) bond motifs is 1. The topological polar surface area (TPSA) is 104 Å². The second-order valence-electron chi connectivity index (χ2n) is 9.63. The first-order chi connectivity index (χ1) is 19.7. The zero-order valence-electron chi connectivity index (χ0n) is 22.2. The van der Waals surface area contributed by atoms with Crippen LogP contribution in [0.5, 0.6) is 0 Å². The van der Waals surface area contributed by atoms with Gasteiger partial charge in [-0.25, -0.2) is 4.39 Å². The number of halogens is 3. The molecule has 1 atom stereocenters. The Morgan fingerprint density at radius 3 is 2.61 bits per heavy atom. The van der Waals surface area contributed by atoms with E-state index in [0.29, 0.717) is 42.8 Å². The van der Waals surface area contributed by atoms with Crippen molar-refractivity contribution >= 4 is 61.4 Å². The summed E-state index contributed by atoms with van der Waals surface area (Å²) in [5.74, 6) is -0.378. The highest BCUT2D eigenvalue weighted by Gasteiger charge is 2.31. The second kappa shape index (κ2) is 12.6. The molecule has 41 heavy (non-hydrogen) atoms. The van der Waals surface area contributed by atoms with E-state index in [0.717, 1.165) is 24.0 Å². The molecule has 0 spiro atoms. The van der Waals surface area contributed by atoms with Crippen LogP contribution in [-0.2, 0) is 33.9 Å². The number of methoxy groups -OCH3 is 1. The molecule has 1 unspecified atom stereocenters. The fraction of sp³-hybridized carbons (Fsp3) is 0.276. The summed E-state index contributed by atoms with van der Waals surface area (Å²) < 4.78 is 57.5. The Balaban J connectivity index is 1.62. The van der Waals surface area contributed by atoms with E-state index in [1.54, 1.807) is 12.1 Å². The van der Waals surface area contributed by atoms with Crippen LogP contribution >= 0.6 is 27.5 Å². The van der Waals surface area contributed by atoms with Crippen LogP contribution in [0.4, 0.5) is 10.1 Å². The van der Waals surface area contributed by atoms with E-state index in [2.05, 4.69) is 21.2 Å². The summed E-state index contributed by atoms with van der Waals surface area (Å²) in [5, 5.41) is 3.62. The van der Waals surface area contributed by atoms with Crippen molar-refractivity contribution in [3.05, 3.63) is 86.1 Å². The van der Waals surface area contributed by atoms with Gasteiger partial charge in [-0.3, -0.25) is 13.3 Å². The molecule has 1 fully saturated rings. The Labute approximate surface area is 252 Å². The number of carbonyl (C=O) groups excluding carboxylic acids is 1. The largest absolute Gasteiger partial charge is 0.755 e. The van der Waals surface area contributed by atoms with Crippen molar-refractivity contribution in [1.29, 1.82) is 0 Å². The highest BCUT2D eigenvalue weighted by atomic mass is 79.9. The van der Waals surface area contributed by atoms with Crippen LogP contribution in [0.2, 0.25) is 5.02 Å². The molecule has 1 aliphatic rings. The number of amides is 1. The molecule has 8 nitrogen and oxygen atoms in total. The maximum atomic E-state index is 13.6. The van der Waals surface area contributed by atoms with E-state index >= 15 is 0 Å².